The molecule has 0 unspecified atom stereocenters. The van der Waals surface area contributed by atoms with Crippen LogP contribution in [0.1, 0.15) is 44.5 Å². The van der Waals surface area contributed by atoms with Crippen molar-refractivity contribution in [3.05, 3.63) is 35.7 Å². The Hall–Kier alpha value is -1.84. The van der Waals surface area contributed by atoms with Crippen LogP contribution in [0.15, 0.2) is 29.2 Å². The zero-order valence-electron chi connectivity index (χ0n) is 16.3. The molecule has 27 heavy (non-hydrogen) atoms. The molecule has 3 rings (SSSR count). The number of nitrogens with zero attached hydrogens (tertiary/aromatic N) is 5. The highest BCUT2D eigenvalue weighted by Crippen LogP contribution is 2.20. The van der Waals surface area contributed by atoms with Crippen LogP contribution >= 0.6 is 0 Å². The molecule has 1 aliphatic rings. The van der Waals surface area contributed by atoms with Crippen LogP contribution in [0.2, 0.25) is 0 Å². The van der Waals surface area contributed by atoms with Gasteiger partial charge in [-0.2, -0.15) is 4.31 Å². The number of tetrazole rings is 1. The molecule has 1 N–H and O–H groups in total. The van der Waals surface area contributed by atoms with Crippen molar-refractivity contribution >= 4 is 10.0 Å². The maximum Gasteiger partial charge on any atom is 0.243 e. The molecular weight excluding hydrogens is 364 g/mol. The van der Waals surface area contributed by atoms with Crippen molar-refractivity contribution in [1.29, 1.82) is 0 Å². The van der Waals surface area contributed by atoms with Gasteiger partial charge in [0.2, 0.25) is 15.8 Å². The first-order chi connectivity index (χ1) is 12.9. The predicted molar refractivity (Wildman–Crippen MR) is 102 cm³/mol. The van der Waals surface area contributed by atoms with Crippen molar-refractivity contribution < 1.29 is 13.3 Å². The standard InChI is InChI=1S/C18H28N6O2S/c1-4-9-24-18(19-20-21-24)14-22-10-12-23(13-11-22)27(25,26)17-7-5-16(6-8-17)15(2)3/h5-8,15H,4,9-14H2,1-3H3/p+1. The van der Waals surface area contributed by atoms with Crippen molar-refractivity contribution in [3.8, 4) is 0 Å². The SMILES string of the molecule is CCCn1nnnc1C[NH+]1CCN(S(=O)(=O)c2ccc(C(C)C)cc2)CC1. The summed E-state index contributed by atoms with van der Waals surface area (Å²) in [5, 5.41) is 11.9. The average molecular weight is 394 g/mol. The minimum Gasteiger partial charge on any atom is -0.326 e. The first-order valence-corrected chi connectivity index (χ1v) is 11.0. The van der Waals surface area contributed by atoms with Gasteiger partial charge < -0.3 is 4.90 Å². The largest absolute Gasteiger partial charge is 0.326 e. The van der Waals surface area contributed by atoms with Gasteiger partial charge in [-0.15, -0.1) is 5.10 Å². The van der Waals surface area contributed by atoms with E-state index in [0.717, 1.165) is 44.0 Å². The highest BCUT2D eigenvalue weighted by molar-refractivity contribution is 7.89. The van der Waals surface area contributed by atoms with Gasteiger partial charge in [-0.25, -0.2) is 13.1 Å². The summed E-state index contributed by atoms with van der Waals surface area (Å²) in [7, 11) is -3.43. The first kappa shape index (κ1) is 19.9. The van der Waals surface area contributed by atoms with Gasteiger partial charge in [0.15, 0.2) is 0 Å². The molecule has 0 spiro atoms. The Morgan fingerprint density at radius 3 is 2.41 bits per heavy atom. The quantitative estimate of drug-likeness (QED) is 0.731. The van der Waals surface area contributed by atoms with Gasteiger partial charge in [-0.05, 0) is 40.5 Å². The second kappa shape index (κ2) is 8.45. The second-order valence-corrected chi connectivity index (χ2v) is 9.31. The molecule has 0 radical (unpaired) electrons. The number of nitrogens with one attached hydrogen (secondary N) is 1. The third-order valence-electron chi connectivity index (χ3n) is 5.06. The summed E-state index contributed by atoms with van der Waals surface area (Å²) in [6.45, 7) is 10.4. The molecule has 0 atom stereocenters. The highest BCUT2D eigenvalue weighted by Gasteiger charge is 2.31. The second-order valence-electron chi connectivity index (χ2n) is 7.37. The van der Waals surface area contributed by atoms with Crippen molar-refractivity contribution in [2.75, 3.05) is 26.2 Å². The normalized spacial score (nSPS) is 16.9. The van der Waals surface area contributed by atoms with Crippen LogP contribution in [-0.4, -0.2) is 59.1 Å². The third kappa shape index (κ3) is 4.53. The number of hydrogen-bond donors (Lipinski definition) is 1. The number of rotatable bonds is 7. The predicted octanol–water partition coefficient (Wildman–Crippen LogP) is 0.296. The van der Waals surface area contributed by atoms with Crippen LogP contribution in [0.3, 0.4) is 0 Å². The Labute approximate surface area is 161 Å². The minimum absolute atomic E-state index is 0.377. The maximum atomic E-state index is 12.9. The fourth-order valence-corrected chi connectivity index (χ4v) is 4.79. The van der Waals surface area contributed by atoms with E-state index < -0.39 is 10.0 Å². The number of piperazine rings is 1. The van der Waals surface area contributed by atoms with Crippen LogP contribution in [0.25, 0.3) is 0 Å². The first-order valence-electron chi connectivity index (χ1n) is 9.60. The lowest BCUT2D eigenvalue weighted by Gasteiger charge is -2.31. The number of benzene rings is 1. The molecule has 2 heterocycles. The zero-order chi connectivity index (χ0) is 19.4. The summed E-state index contributed by atoms with van der Waals surface area (Å²) in [4.78, 5) is 1.69. The van der Waals surface area contributed by atoms with Gasteiger partial charge in [-0.1, -0.05) is 32.9 Å². The molecule has 148 valence electrons. The van der Waals surface area contributed by atoms with Crippen LogP contribution < -0.4 is 4.90 Å². The Bertz CT molecular complexity index is 839. The Morgan fingerprint density at radius 1 is 1.15 bits per heavy atom. The molecule has 2 aromatic rings. The Balaban J connectivity index is 1.61. The highest BCUT2D eigenvalue weighted by atomic mass is 32.2. The van der Waals surface area contributed by atoms with E-state index in [2.05, 4.69) is 36.3 Å². The van der Waals surface area contributed by atoms with E-state index in [1.165, 1.54) is 4.90 Å². The fraction of sp³-hybridized carbons (Fsp3) is 0.611. The number of quaternary nitrogens is 1. The molecular formula is C18H29N6O2S+. The van der Waals surface area contributed by atoms with Crippen LogP contribution in [-0.2, 0) is 23.1 Å². The van der Waals surface area contributed by atoms with Crippen LogP contribution in [0.5, 0.6) is 0 Å². The van der Waals surface area contributed by atoms with Crippen LogP contribution in [0, 0.1) is 0 Å². The zero-order valence-corrected chi connectivity index (χ0v) is 17.1. The molecule has 9 heteroatoms. The molecule has 8 nitrogen and oxygen atoms in total. The number of hydrogen-bond acceptors (Lipinski definition) is 5. The smallest absolute Gasteiger partial charge is 0.243 e. The summed E-state index contributed by atoms with van der Waals surface area (Å²) in [6, 6.07) is 7.27. The van der Waals surface area contributed by atoms with Crippen molar-refractivity contribution in [2.24, 2.45) is 0 Å². The molecule has 1 aromatic heterocycles. The molecule has 1 saturated heterocycles. The number of sulfonamides is 1. The fourth-order valence-electron chi connectivity index (χ4n) is 3.35. The van der Waals surface area contributed by atoms with E-state index in [1.54, 1.807) is 16.4 Å². The van der Waals surface area contributed by atoms with E-state index in [1.807, 2.05) is 16.8 Å². The molecule has 1 aliphatic heterocycles. The molecule has 0 bridgehead atoms. The summed E-state index contributed by atoms with van der Waals surface area (Å²) in [6.07, 6.45) is 0.981. The molecule has 0 aliphatic carbocycles. The van der Waals surface area contributed by atoms with E-state index in [4.69, 9.17) is 0 Å². The monoisotopic (exact) mass is 393 g/mol. The van der Waals surface area contributed by atoms with Crippen molar-refractivity contribution in [2.45, 2.75) is 51.1 Å². The van der Waals surface area contributed by atoms with Gasteiger partial charge in [-0.3, -0.25) is 0 Å². The molecule has 1 fully saturated rings. The molecule has 0 amide bonds. The van der Waals surface area contributed by atoms with E-state index in [0.29, 0.717) is 23.9 Å². The number of aromatic nitrogens is 4. The maximum absolute atomic E-state index is 12.9. The lowest BCUT2D eigenvalue weighted by atomic mass is 10.0. The van der Waals surface area contributed by atoms with E-state index >= 15 is 0 Å². The van der Waals surface area contributed by atoms with Gasteiger partial charge in [0.05, 0.1) is 31.1 Å². The lowest BCUT2D eigenvalue weighted by Crippen LogP contribution is -3.13. The van der Waals surface area contributed by atoms with E-state index in [9.17, 15) is 8.42 Å². The van der Waals surface area contributed by atoms with Crippen LogP contribution in [0.4, 0.5) is 0 Å². The third-order valence-corrected chi connectivity index (χ3v) is 6.98. The Morgan fingerprint density at radius 2 is 1.81 bits per heavy atom. The molecule has 1 aromatic carbocycles. The van der Waals surface area contributed by atoms with Gasteiger partial charge >= 0.3 is 0 Å². The van der Waals surface area contributed by atoms with Crippen molar-refractivity contribution in [1.82, 2.24) is 24.5 Å². The van der Waals surface area contributed by atoms with E-state index in [-0.39, 0.29) is 0 Å². The lowest BCUT2D eigenvalue weighted by molar-refractivity contribution is -0.918. The minimum atomic E-state index is -3.43. The summed E-state index contributed by atoms with van der Waals surface area (Å²) in [5.41, 5.74) is 1.15. The van der Waals surface area contributed by atoms with Gasteiger partial charge in [0.1, 0.15) is 6.54 Å². The summed E-state index contributed by atoms with van der Waals surface area (Å²) in [5.74, 6) is 1.26. The Kier molecular flexibility index (Phi) is 6.23. The van der Waals surface area contributed by atoms with Gasteiger partial charge in [0, 0.05) is 6.54 Å². The summed E-state index contributed by atoms with van der Waals surface area (Å²) >= 11 is 0. The van der Waals surface area contributed by atoms with Gasteiger partial charge in [0.25, 0.3) is 0 Å². The topological polar surface area (TPSA) is 85.4 Å². The molecule has 0 saturated carbocycles. The number of aryl methyl sites for hydroxylation is 1. The van der Waals surface area contributed by atoms with Crippen molar-refractivity contribution in [3.63, 3.8) is 0 Å². The summed E-state index contributed by atoms with van der Waals surface area (Å²) < 4.78 is 29.3. The average Bonchev–Trinajstić information content (AvgIpc) is 3.09.